The van der Waals surface area contributed by atoms with Crippen LogP contribution in [0.5, 0.6) is 0 Å². The van der Waals surface area contributed by atoms with E-state index in [0.717, 1.165) is 21.8 Å². The minimum atomic E-state index is -0.0929. The Bertz CT molecular complexity index is 902. The number of anilines is 2. The van der Waals surface area contributed by atoms with Crippen molar-refractivity contribution in [3.63, 3.8) is 0 Å². The molecule has 0 saturated carbocycles. The molecule has 0 radical (unpaired) electrons. The quantitative estimate of drug-likeness (QED) is 0.611. The molecule has 1 heterocycles. The molecule has 6 heteroatoms. The van der Waals surface area contributed by atoms with E-state index < -0.39 is 0 Å². The highest BCUT2D eigenvalue weighted by Crippen LogP contribution is 2.22. The zero-order chi connectivity index (χ0) is 18.9. The molecule has 2 aromatic carbocycles. The average Bonchev–Trinajstić information content (AvgIpc) is 2.68. The predicted molar refractivity (Wildman–Crippen MR) is 109 cm³/mol. The summed E-state index contributed by atoms with van der Waals surface area (Å²) >= 11 is 1.41. The van der Waals surface area contributed by atoms with E-state index in [0.29, 0.717) is 6.42 Å². The maximum absolute atomic E-state index is 12.2. The topological polar surface area (TPSA) is 71.1 Å². The van der Waals surface area contributed by atoms with Crippen LogP contribution in [0.2, 0.25) is 0 Å². The maximum atomic E-state index is 12.2. The van der Waals surface area contributed by atoms with Gasteiger partial charge in [-0.2, -0.15) is 0 Å². The van der Waals surface area contributed by atoms with E-state index in [-0.39, 0.29) is 17.6 Å². The van der Waals surface area contributed by atoms with Gasteiger partial charge in [0.05, 0.1) is 12.2 Å². The lowest BCUT2D eigenvalue weighted by Gasteiger charge is -2.08. The molecular formula is C21H19N3O2S. The van der Waals surface area contributed by atoms with Crippen LogP contribution in [0.25, 0.3) is 0 Å². The summed E-state index contributed by atoms with van der Waals surface area (Å²) in [6, 6.07) is 20.6. The molecule has 0 saturated heterocycles. The van der Waals surface area contributed by atoms with Crippen molar-refractivity contribution >= 4 is 35.0 Å². The number of aromatic nitrogens is 1. The summed E-state index contributed by atoms with van der Waals surface area (Å²) in [5.41, 5.74) is 2.40. The van der Waals surface area contributed by atoms with Crippen LogP contribution in [0.3, 0.4) is 0 Å². The molecule has 2 amide bonds. The molecule has 3 rings (SSSR count). The van der Waals surface area contributed by atoms with Gasteiger partial charge in [-0.05, 0) is 35.9 Å². The van der Waals surface area contributed by atoms with E-state index in [1.807, 2.05) is 54.6 Å². The van der Waals surface area contributed by atoms with Crippen LogP contribution < -0.4 is 10.6 Å². The summed E-state index contributed by atoms with van der Waals surface area (Å²) in [7, 11) is 0. The summed E-state index contributed by atoms with van der Waals surface area (Å²) in [6.07, 6.45) is 3.58. The van der Waals surface area contributed by atoms with Crippen molar-refractivity contribution in [2.24, 2.45) is 0 Å². The number of hydrogen-bond donors (Lipinski definition) is 2. The second kappa shape index (κ2) is 9.54. The Morgan fingerprint density at radius 3 is 2.33 bits per heavy atom. The molecule has 0 aliphatic heterocycles. The average molecular weight is 377 g/mol. The van der Waals surface area contributed by atoms with Crippen LogP contribution in [0.15, 0.2) is 84.0 Å². The number of benzene rings is 2. The maximum Gasteiger partial charge on any atom is 0.234 e. The highest BCUT2D eigenvalue weighted by molar-refractivity contribution is 8.00. The first kappa shape index (κ1) is 18.7. The summed E-state index contributed by atoms with van der Waals surface area (Å²) in [6.45, 7) is 0. The Morgan fingerprint density at radius 2 is 1.56 bits per heavy atom. The first-order chi connectivity index (χ1) is 13.2. The van der Waals surface area contributed by atoms with Crippen molar-refractivity contribution in [1.29, 1.82) is 0 Å². The Balaban J connectivity index is 1.51. The number of rotatable bonds is 7. The Hall–Kier alpha value is -3.12. The molecule has 0 atom stereocenters. The summed E-state index contributed by atoms with van der Waals surface area (Å²) < 4.78 is 0. The molecule has 0 spiro atoms. The number of hydrogen-bond acceptors (Lipinski definition) is 4. The van der Waals surface area contributed by atoms with E-state index in [4.69, 9.17) is 0 Å². The van der Waals surface area contributed by atoms with Gasteiger partial charge in [0, 0.05) is 28.7 Å². The first-order valence-corrected chi connectivity index (χ1v) is 9.44. The number of pyridine rings is 1. The fraction of sp³-hybridized carbons (Fsp3) is 0.0952. The van der Waals surface area contributed by atoms with Crippen molar-refractivity contribution in [1.82, 2.24) is 4.98 Å². The number of amides is 2. The molecule has 0 aliphatic carbocycles. The fourth-order valence-corrected chi connectivity index (χ4v) is 3.19. The molecule has 2 N–H and O–H groups in total. The summed E-state index contributed by atoms with van der Waals surface area (Å²) in [5.74, 6) is 0.118. The zero-order valence-electron chi connectivity index (χ0n) is 14.6. The van der Waals surface area contributed by atoms with Gasteiger partial charge in [0.1, 0.15) is 0 Å². The number of thioether (sulfide) groups is 1. The largest absolute Gasteiger partial charge is 0.326 e. The number of carbonyl (C=O) groups excluding carboxylic acids is 2. The molecule has 27 heavy (non-hydrogen) atoms. The third-order valence-corrected chi connectivity index (χ3v) is 4.65. The third kappa shape index (κ3) is 6.27. The van der Waals surface area contributed by atoms with Crippen molar-refractivity contribution in [3.8, 4) is 0 Å². The number of carbonyl (C=O) groups is 2. The summed E-state index contributed by atoms with van der Waals surface area (Å²) in [4.78, 5) is 29.0. The van der Waals surface area contributed by atoms with Crippen molar-refractivity contribution in [2.75, 3.05) is 16.4 Å². The molecule has 3 aromatic rings. The van der Waals surface area contributed by atoms with Gasteiger partial charge in [-0.1, -0.05) is 36.4 Å². The zero-order valence-corrected chi connectivity index (χ0v) is 15.4. The van der Waals surface area contributed by atoms with E-state index in [1.54, 1.807) is 24.5 Å². The second-order valence-electron chi connectivity index (χ2n) is 5.81. The van der Waals surface area contributed by atoms with Gasteiger partial charge in [0.15, 0.2) is 0 Å². The van der Waals surface area contributed by atoms with Crippen molar-refractivity contribution < 1.29 is 9.59 Å². The lowest BCUT2D eigenvalue weighted by molar-refractivity contribution is -0.115. The van der Waals surface area contributed by atoms with E-state index >= 15 is 0 Å². The van der Waals surface area contributed by atoms with Crippen LogP contribution in [0.4, 0.5) is 11.4 Å². The molecule has 0 bridgehead atoms. The van der Waals surface area contributed by atoms with Gasteiger partial charge in [-0.25, -0.2) is 0 Å². The fourth-order valence-electron chi connectivity index (χ4n) is 2.43. The Morgan fingerprint density at radius 1 is 0.815 bits per heavy atom. The first-order valence-electron chi connectivity index (χ1n) is 8.45. The van der Waals surface area contributed by atoms with Gasteiger partial charge < -0.3 is 10.6 Å². The molecular weight excluding hydrogens is 358 g/mol. The number of nitrogens with one attached hydrogen (secondary N) is 2. The smallest absolute Gasteiger partial charge is 0.234 e. The molecule has 0 unspecified atom stereocenters. The van der Waals surface area contributed by atoms with Crippen LogP contribution in [0, 0.1) is 0 Å². The molecule has 0 fully saturated rings. The highest BCUT2D eigenvalue weighted by atomic mass is 32.2. The molecule has 0 aliphatic rings. The van der Waals surface area contributed by atoms with Crippen LogP contribution in [-0.4, -0.2) is 22.6 Å². The van der Waals surface area contributed by atoms with Crippen LogP contribution in [-0.2, 0) is 16.0 Å². The standard InChI is InChI=1S/C21H19N3O2S/c25-20(13-16-5-2-1-3-6-16)24-18-7-4-8-19(14-18)27-15-21(26)23-17-9-11-22-12-10-17/h1-12,14H,13,15H2,(H,24,25)(H,22,23,26). The highest BCUT2D eigenvalue weighted by Gasteiger charge is 2.07. The molecule has 136 valence electrons. The van der Waals surface area contributed by atoms with Crippen LogP contribution >= 0.6 is 11.8 Å². The minimum absolute atomic E-state index is 0.0706. The third-order valence-electron chi connectivity index (χ3n) is 3.66. The van der Waals surface area contributed by atoms with Crippen molar-refractivity contribution in [3.05, 3.63) is 84.7 Å². The molecule has 1 aromatic heterocycles. The van der Waals surface area contributed by atoms with E-state index in [2.05, 4.69) is 15.6 Å². The lowest BCUT2D eigenvalue weighted by Crippen LogP contribution is -2.15. The Labute approximate surface area is 162 Å². The van der Waals surface area contributed by atoms with Gasteiger partial charge in [0.2, 0.25) is 11.8 Å². The summed E-state index contributed by atoms with van der Waals surface area (Å²) in [5, 5.41) is 5.72. The molecule has 5 nitrogen and oxygen atoms in total. The van der Waals surface area contributed by atoms with Gasteiger partial charge >= 0.3 is 0 Å². The van der Waals surface area contributed by atoms with Crippen LogP contribution in [0.1, 0.15) is 5.56 Å². The lowest BCUT2D eigenvalue weighted by atomic mass is 10.1. The van der Waals surface area contributed by atoms with Gasteiger partial charge in [-0.15, -0.1) is 11.8 Å². The van der Waals surface area contributed by atoms with E-state index in [9.17, 15) is 9.59 Å². The predicted octanol–water partition coefficient (Wildman–Crippen LogP) is 3.99. The SMILES string of the molecule is O=C(CSc1cccc(NC(=O)Cc2ccccc2)c1)Nc1ccncc1. The Kier molecular flexibility index (Phi) is 6.60. The van der Waals surface area contributed by atoms with Gasteiger partial charge in [-0.3, -0.25) is 14.6 Å². The number of nitrogens with zero attached hydrogens (tertiary/aromatic N) is 1. The minimum Gasteiger partial charge on any atom is -0.326 e. The second-order valence-corrected chi connectivity index (χ2v) is 6.86. The normalized spacial score (nSPS) is 10.2. The van der Waals surface area contributed by atoms with Gasteiger partial charge in [0.25, 0.3) is 0 Å². The van der Waals surface area contributed by atoms with E-state index in [1.165, 1.54) is 11.8 Å². The monoisotopic (exact) mass is 377 g/mol. The van der Waals surface area contributed by atoms with Crippen molar-refractivity contribution in [2.45, 2.75) is 11.3 Å².